The molecule has 1 aliphatic rings. The van der Waals surface area contributed by atoms with Gasteiger partial charge in [-0.05, 0) is 41.5 Å². The highest BCUT2D eigenvalue weighted by Crippen LogP contribution is 2.53. The van der Waals surface area contributed by atoms with E-state index in [1.807, 2.05) is 29.8 Å². The molecule has 0 radical (unpaired) electrons. The van der Waals surface area contributed by atoms with Gasteiger partial charge in [0.05, 0.1) is 11.2 Å². The summed E-state index contributed by atoms with van der Waals surface area (Å²) >= 11 is 1.86. The number of nitrogens with zero attached hydrogens (tertiary/aromatic N) is 2. The normalized spacial score (nSPS) is 14.8. The van der Waals surface area contributed by atoms with Crippen molar-refractivity contribution in [2.75, 3.05) is 0 Å². The van der Waals surface area contributed by atoms with Gasteiger partial charge >= 0.3 is 0 Å². The third-order valence-corrected chi connectivity index (χ3v) is 6.84. The van der Waals surface area contributed by atoms with Crippen LogP contribution in [0.2, 0.25) is 0 Å². The minimum absolute atomic E-state index is 0.0453. The summed E-state index contributed by atoms with van der Waals surface area (Å²) in [6.45, 7) is 4.65. The molecule has 0 spiro atoms. The lowest BCUT2D eigenvalue weighted by molar-refractivity contribution is 0.665. The quantitative estimate of drug-likeness (QED) is 0.327. The molecule has 0 aliphatic heterocycles. The summed E-state index contributed by atoms with van der Waals surface area (Å²) in [5.74, 6) is 0. The van der Waals surface area contributed by atoms with Gasteiger partial charge in [-0.15, -0.1) is 11.3 Å². The molecule has 1 aliphatic carbocycles. The Morgan fingerprint density at radius 2 is 1.73 bits per heavy atom. The predicted octanol–water partition coefficient (Wildman–Crippen LogP) is 6.30. The zero-order chi connectivity index (χ0) is 17.5. The van der Waals surface area contributed by atoms with Gasteiger partial charge in [-0.2, -0.15) is 0 Å². The van der Waals surface area contributed by atoms with Crippen LogP contribution in [-0.2, 0) is 5.41 Å². The molecule has 0 amide bonds. The standard InChI is InChI=1S/C23H16N2S/c1-23(2)16-6-4-10-25-22(16)14-7-8-18-20(21(14)23)15-11-13-5-3-9-24-17(13)12-19(15)26-18/h3-12H,1-2H3. The number of thiophene rings is 1. The SMILES string of the molecule is CC1(C)c2cccnc2-c2ccc3sc4cc5ncccc5cc4c3c21. The summed E-state index contributed by atoms with van der Waals surface area (Å²) in [5, 5.41) is 3.92. The maximum atomic E-state index is 4.71. The van der Waals surface area contributed by atoms with Gasteiger partial charge in [0.15, 0.2) is 0 Å². The fourth-order valence-corrected chi connectivity index (χ4v) is 5.67. The van der Waals surface area contributed by atoms with Crippen LogP contribution in [0.5, 0.6) is 0 Å². The number of rotatable bonds is 0. The van der Waals surface area contributed by atoms with Crippen molar-refractivity contribution >= 4 is 42.4 Å². The van der Waals surface area contributed by atoms with E-state index in [0.29, 0.717) is 0 Å². The minimum Gasteiger partial charge on any atom is -0.256 e. The molecule has 3 heterocycles. The number of aromatic nitrogens is 2. The number of fused-ring (bicyclic) bond motifs is 8. The van der Waals surface area contributed by atoms with Gasteiger partial charge < -0.3 is 0 Å². The highest BCUT2D eigenvalue weighted by molar-refractivity contribution is 7.26. The van der Waals surface area contributed by atoms with Crippen molar-refractivity contribution in [1.82, 2.24) is 9.97 Å². The first kappa shape index (κ1) is 14.4. The molecule has 3 heteroatoms. The molecule has 3 aromatic heterocycles. The second-order valence-corrected chi connectivity index (χ2v) is 8.62. The average molecular weight is 352 g/mol. The lowest BCUT2D eigenvalue weighted by Crippen LogP contribution is -2.15. The zero-order valence-corrected chi connectivity index (χ0v) is 15.4. The third kappa shape index (κ3) is 1.66. The molecule has 0 unspecified atom stereocenters. The molecular weight excluding hydrogens is 336 g/mol. The van der Waals surface area contributed by atoms with Crippen molar-refractivity contribution < 1.29 is 0 Å². The smallest absolute Gasteiger partial charge is 0.0746 e. The first-order valence-electron chi connectivity index (χ1n) is 8.85. The highest BCUT2D eigenvalue weighted by Gasteiger charge is 2.38. The summed E-state index contributed by atoms with van der Waals surface area (Å²) < 4.78 is 2.65. The van der Waals surface area contributed by atoms with Crippen LogP contribution in [0.15, 0.2) is 60.9 Å². The van der Waals surface area contributed by atoms with E-state index in [-0.39, 0.29) is 5.41 Å². The lowest BCUT2D eigenvalue weighted by atomic mass is 9.80. The molecular formula is C23H16N2S. The van der Waals surface area contributed by atoms with E-state index >= 15 is 0 Å². The van der Waals surface area contributed by atoms with E-state index in [2.05, 4.69) is 61.3 Å². The van der Waals surface area contributed by atoms with Crippen LogP contribution in [0.25, 0.3) is 42.3 Å². The number of benzene rings is 2. The van der Waals surface area contributed by atoms with Crippen molar-refractivity contribution in [2.45, 2.75) is 19.3 Å². The van der Waals surface area contributed by atoms with Crippen molar-refractivity contribution in [2.24, 2.45) is 0 Å². The maximum absolute atomic E-state index is 4.71. The topological polar surface area (TPSA) is 25.8 Å². The summed E-state index contributed by atoms with van der Waals surface area (Å²) in [7, 11) is 0. The molecule has 0 N–H and O–H groups in total. The number of pyridine rings is 2. The van der Waals surface area contributed by atoms with E-state index in [0.717, 1.165) is 11.2 Å². The van der Waals surface area contributed by atoms with Gasteiger partial charge in [-0.3, -0.25) is 9.97 Å². The summed E-state index contributed by atoms with van der Waals surface area (Å²) in [4.78, 5) is 9.24. The van der Waals surface area contributed by atoms with Crippen molar-refractivity contribution in [3.63, 3.8) is 0 Å². The maximum Gasteiger partial charge on any atom is 0.0746 e. The Hall–Kier alpha value is -2.78. The Bertz CT molecular complexity index is 1360. The molecule has 0 atom stereocenters. The highest BCUT2D eigenvalue weighted by atomic mass is 32.1. The number of hydrogen-bond acceptors (Lipinski definition) is 3. The Morgan fingerprint density at radius 1 is 0.885 bits per heavy atom. The van der Waals surface area contributed by atoms with E-state index < -0.39 is 0 Å². The van der Waals surface area contributed by atoms with E-state index in [1.54, 1.807) is 0 Å². The van der Waals surface area contributed by atoms with E-state index in [9.17, 15) is 0 Å². The molecule has 0 bridgehead atoms. The molecule has 26 heavy (non-hydrogen) atoms. The molecule has 5 aromatic rings. The molecule has 0 fully saturated rings. The summed E-state index contributed by atoms with van der Waals surface area (Å²) in [6, 6.07) is 17.5. The van der Waals surface area contributed by atoms with E-state index in [4.69, 9.17) is 4.98 Å². The minimum atomic E-state index is -0.0453. The molecule has 2 aromatic carbocycles. The first-order chi connectivity index (χ1) is 12.6. The molecule has 0 saturated carbocycles. The van der Waals surface area contributed by atoms with Crippen LogP contribution in [0, 0.1) is 0 Å². The molecule has 124 valence electrons. The Balaban J connectivity index is 1.83. The summed E-state index contributed by atoms with van der Waals surface area (Å²) in [5.41, 5.74) is 6.17. The Morgan fingerprint density at radius 3 is 2.65 bits per heavy atom. The molecule has 6 rings (SSSR count). The number of hydrogen-bond donors (Lipinski definition) is 0. The fourth-order valence-electron chi connectivity index (χ4n) is 4.54. The van der Waals surface area contributed by atoms with Gasteiger partial charge in [0.1, 0.15) is 0 Å². The Labute approximate surface area is 155 Å². The van der Waals surface area contributed by atoms with Gasteiger partial charge in [0, 0.05) is 48.9 Å². The van der Waals surface area contributed by atoms with Crippen molar-refractivity contribution in [1.29, 1.82) is 0 Å². The Kier molecular flexibility index (Phi) is 2.59. The van der Waals surface area contributed by atoms with Gasteiger partial charge in [-0.1, -0.05) is 32.0 Å². The molecule has 2 nitrogen and oxygen atoms in total. The van der Waals surface area contributed by atoms with Crippen LogP contribution >= 0.6 is 11.3 Å². The zero-order valence-electron chi connectivity index (χ0n) is 14.6. The van der Waals surface area contributed by atoms with Crippen LogP contribution in [0.4, 0.5) is 0 Å². The van der Waals surface area contributed by atoms with Crippen LogP contribution in [0.3, 0.4) is 0 Å². The largest absolute Gasteiger partial charge is 0.256 e. The lowest BCUT2D eigenvalue weighted by Gasteiger charge is -2.22. The predicted molar refractivity (Wildman–Crippen MR) is 110 cm³/mol. The average Bonchev–Trinajstić information content (AvgIpc) is 3.12. The van der Waals surface area contributed by atoms with Crippen molar-refractivity contribution in [3.8, 4) is 11.3 Å². The second-order valence-electron chi connectivity index (χ2n) is 7.53. The van der Waals surface area contributed by atoms with Gasteiger partial charge in [0.2, 0.25) is 0 Å². The fraction of sp³-hybridized carbons (Fsp3) is 0.130. The summed E-state index contributed by atoms with van der Waals surface area (Å²) in [6.07, 6.45) is 3.77. The van der Waals surface area contributed by atoms with Gasteiger partial charge in [0.25, 0.3) is 0 Å². The van der Waals surface area contributed by atoms with Crippen LogP contribution < -0.4 is 0 Å². The second kappa shape index (κ2) is 4.68. The monoisotopic (exact) mass is 352 g/mol. The van der Waals surface area contributed by atoms with Gasteiger partial charge in [-0.25, -0.2) is 0 Å². The van der Waals surface area contributed by atoms with Crippen LogP contribution in [0.1, 0.15) is 25.0 Å². The third-order valence-electron chi connectivity index (χ3n) is 5.72. The first-order valence-corrected chi connectivity index (χ1v) is 9.66. The molecule has 0 saturated heterocycles. The van der Waals surface area contributed by atoms with E-state index in [1.165, 1.54) is 42.2 Å². The van der Waals surface area contributed by atoms with Crippen molar-refractivity contribution in [3.05, 3.63) is 72.1 Å². The van der Waals surface area contributed by atoms with Crippen LogP contribution in [-0.4, -0.2) is 9.97 Å².